The van der Waals surface area contributed by atoms with Gasteiger partial charge < -0.3 is 9.64 Å². The Hall–Kier alpha value is -1.46. The molecule has 0 aromatic carbocycles. The quantitative estimate of drug-likeness (QED) is 0.839. The van der Waals surface area contributed by atoms with Gasteiger partial charge in [-0.15, -0.1) is 0 Å². The van der Waals surface area contributed by atoms with Gasteiger partial charge in [0, 0.05) is 45.5 Å². The average Bonchev–Trinajstić information content (AvgIpc) is 3.04. The van der Waals surface area contributed by atoms with Gasteiger partial charge in [0.2, 0.25) is 0 Å². The molecule has 2 aliphatic rings. The second-order valence-corrected chi connectivity index (χ2v) is 5.87. The van der Waals surface area contributed by atoms with Crippen LogP contribution in [0, 0.1) is 6.92 Å². The minimum Gasteiger partial charge on any atom is -0.368 e. The lowest BCUT2D eigenvalue weighted by molar-refractivity contribution is -0.142. The fourth-order valence-electron chi connectivity index (χ4n) is 3.00. The van der Waals surface area contributed by atoms with Crippen molar-refractivity contribution in [2.45, 2.75) is 32.4 Å². The van der Waals surface area contributed by atoms with Crippen molar-refractivity contribution < 1.29 is 9.53 Å². The van der Waals surface area contributed by atoms with E-state index in [4.69, 9.17) is 4.74 Å². The van der Waals surface area contributed by atoms with Gasteiger partial charge in [-0.3, -0.25) is 14.7 Å². The molecule has 0 aliphatic carbocycles. The van der Waals surface area contributed by atoms with E-state index in [1.165, 1.54) is 5.56 Å². The summed E-state index contributed by atoms with van der Waals surface area (Å²) in [6.45, 7) is 7.11. The van der Waals surface area contributed by atoms with Gasteiger partial charge in [0.05, 0.1) is 5.69 Å². The van der Waals surface area contributed by atoms with Crippen molar-refractivity contribution in [2.24, 2.45) is 0 Å². The van der Waals surface area contributed by atoms with Crippen LogP contribution < -0.4 is 0 Å². The SMILES string of the molecule is Cc1cccnc1CN1CCN(C(=O)[C@H]2CCCO2)CC1. The summed E-state index contributed by atoms with van der Waals surface area (Å²) in [5, 5.41) is 0. The Bertz CT molecular complexity index is 492. The lowest BCUT2D eigenvalue weighted by Gasteiger charge is -2.35. The summed E-state index contributed by atoms with van der Waals surface area (Å²) in [6.07, 6.45) is 3.55. The lowest BCUT2D eigenvalue weighted by atomic mass is 10.1. The van der Waals surface area contributed by atoms with Crippen molar-refractivity contribution in [3.8, 4) is 0 Å². The molecule has 0 radical (unpaired) electrons. The maximum atomic E-state index is 12.3. The summed E-state index contributed by atoms with van der Waals surface area (Å²) in [4.78, 5) is 21.1. The third-order valence-corrected chi connectivity index (χ3v) is 4.38. The van der Waals surface area contributed by atoms with E-state index in [-0.39, 0.29) is 12.0 Å². The van der Waals surface area contributed by atoms with Crippen LogP contribution in [0.4, 0.5) is 0 Å². The van der Waals surface area contributed by atoms with Crippen LogP contribution in [0.3, 0.4) is 0 Å². The lowest BCUT2D eigenvalue weighted by Crippen LogP contribution is -2.51. The smallest absolute Gasteiger partial charge is 0.251 e. The highest BCUT2D eigenvalue weighted by atomic mass is 16.5. The molecule has 114 valence electrons. The standard InChI is InChI=1S/C16H23N3O2/c1-13-4-2-6-17-14(13)12-18-7-9-19(10-8-18)16(20)15-5-3-11-21-15/h2,4,6,15H,3,5,7-12H2,1H3/t15-/m1/s1. The minimum atomic E-state index is -0.186. The number of aromatic nitrogens is 1. The molecule has 0 bridgehead atoms. The van der Waals surface area contributed by atoms with Gasteiger partial charge in [0.25, 0.3) is 5.91 Å². The third kappa shape index (κ3) is 3.41. The molecule has 0 spiro atoms. The number of nitrogens with zero attached hydrogens (tertiary/aromatic N) is 3. The fraction of sp³-hybridized carbons (Fsp3) is 0.625. The number of piperazine rings is 1. The third-order valence-electron chi connectivity index (χ3n) is 4.38. The molecule has 3 rings (SSSR count). The number of carbonyl (C=O) groups excluding carboxylic acids is 1. The zero-order chi connectivity index (χ0) is 14.7. The highest BCUT2D eigenvalue weighted by Crippen LogP contribution is 2.16. The number of aryl methyl sites for hydroxylation is 1. The van der Waals surface area contributed by atoms with E-state index in [9.17, 15) is 4.79 Å². The summed E-state index contributed by atoms with van der Waals surface area (Å²) in [7, 11) is 0. The Morgan fingerprint density at radius 2 is 2.19 bits per heavy atom. The van der Waals surface area contributed by atoms with Crippen LogP contribution in [0.15, 0.2) is 18.3 Å². The van der Waals surface area contributed by atoms with Crippen LogP contribution in [0.1, 0.15) is 24.1 Å². The normalized spacial score (nSPS) is 23.5. The average molecular weight is 289 g/mol. The monoisotopic (exact) mass is 289 g/mol. The molecule has 0 saturated carbocycles. The van der Waals surface area contributed by atoms with Gasteiger partial charge in [0.15, 0.2) is 0 Å². The largest absolute Gasteiger partial charge is 0.368 e. The van der Waals surface area contributed by atoms with Gasteiger partial charge in [-0.1, -0.05) is 6.07 Å². The van der Waals surface area contributed by atoms with Crippen LogP contribution in [0.25, 0.3) is 0 Å². The summed E-state index contributed by atoms with van der Waals surface area (Å²) in [6, 6.07) is 4.07. The topological polar surface area (TPSA) is 45.7 Å². The number of hydrogen-bond acceptors (Lipinski definition) is 4. The van der Waals surface area contributed by atoms with E-state index >= 15 is 0 Å². The molecular weight excluding hydrogens is 266 g/mol. The summed E-state index contributed by atoms with van der Waals surface area (Å²) >= 11 is 0. The number of pyridine rings is 1. The van der Waals surface area contributed by atoms with E-state index < -0.39 is 0 Å². The molecule has 5 nitrogen and oxygen atoms in total. The van der Waals surface area contributed by atoms with Crippen molar-refractivity contribution in [2.75, 3.05) is 32.8 Å². The Labute approximate surface area is 125 Å². The first kappa shape index (κ1) is 14.5. The van der Waals surface area contributed by atoms with Gasteiger partial charge in [-0.25, -0.2) is 0 Å². The molecule has 5 heteroatoms. The summed E-state index contributed by atoms with van der Waals surface area (Å²) in [5.74, 6) is 0.182. The van der Waals surface area contributed by atoms with Gasteiger partial charge in [-0.2, -0.15) is 0 Å². The van der Waals surface area contributed by atoms with Crippen LogP contribution >= 0.6 is 0 Å². The zero-order valence-electron chi connectivity index (χ0n) is 12.6. The van der Waals surface area contributed by atoms with Gasteiger partial charge >= 0.3 is 0 Å². The van der Waals surface area contributed by atoms with Crippen molar-refractivity contribution in [3.05, 3.63) is 29.6 Å². The molecule has 0 N–H and O–H groups in total. The number of hydrogen-bond donors (Lipinski definition) is 0. The number of amides is 1. The molecule has 1 aromatic heterocycles. The van der Waals surface area contributed by atoms with Crippen molar-refractivity contribution >= 4 is 5.91 Å². The Morgan fingerprint density at radius 1 is 1.38 bits per heavy atom. The summed E-state index contributed by atoms with van der Waals surface area (Å²) < 4.78 is 5.49. The maximum absolute atomic E-state index is 12.3. The molecule has 2 aliphatic heterocycles. The van der Waals surface area contributed by atoms with E-state index in [2.05, 4.69) is 22.9 Å². The highest BCUT2D eigenvalue weighted by Gasteiger charge is 2.30. The van der Waals surface area contributed by atoms with Gasteiger partial charge in [0.1, 0.15) is 6.10 Å². The van der Waals surface area contributed by atoms with E-state index in [0.29, 0.717) is 0 Å². The van der Waals surface area contributed by atoms with Crippen LogP contribution in [-0.4, -0.2) is 59.6 Å². The molecule has 1 atom stereocenters. The Balaban J connectivity index is 1.51. The molecule has 21 heavy (non-hydrogen) atoms. The number of carbonyl (C=O) groups is 1. The Kier molecular flexibility index (Phi) is 4.51. The predicted octanol–water partition coefficient (Wildman–Crippen LogP) is 1.21. The fourth-order valence-corrected chi connectivity index (χ4v) is 3.00. The van der Waals surface area contributed by atoms with Crippen molar-refractivity contribution in [1.29, 1.82) is 0 Å². The minimum absolute atomic E-state index is 0.182. The van der Waals surface area contributed by atoms with Crippen LogP contribution in [0.5, 0.6) is 0 Å². The van der Waals surface area contributed by atoms with E-state index in [0.717, 1.165) is 57.9 Å². The first-order valence-corrected chi connectivity index (χ1v) is 7.77. The van der Waals surface area contributed by atoms with E-state index in [1.54, 1.807) is 0 Å². The predicted molar refractivity (Wildman–Crippen MR) is 79.8 cm³/mol. The molecule has 0 unspecified atom stereocenters. The van der Waals surface area contributed by atoms with E-state index in [1.807, 2.05) is 17.2 Å². The van der Waals surface area contributed by atoms with Crippen LogP contribution in [-0.2, 0) is 16.1 Å². The highest BCUT2D eigenvalue weighted by molar-refractivity contribution is 5.81. The first-order chi connectivity index (χ1) is 10.2. The van der Waals surface area contributed by atoms with Crippen molar-refractivity contribution in [1.82, 2.24) is 14.8 Å². The molecule has 1 aromatic rings. The zero-order valence-corrected chi connectivity index (χ0v) is 12.6. The van der Waals surface area contributed by atoms with Crippen LogP contribution in [0.2, 0.25) is 0 Å². The molecule has 3 heterocycles. The number of rotatable bonds is 3. The second kappa shape index (κ2) is 6.54. The first-order valence-electron chi connectivity index (χ1n) is 7.77. The molecule has 2 fully saturated rings. The summed E-state index contributed by atoms with van der Waals surface area (Å²) in [5.41, 5.74) is 2.37. The molecular formula is C16H23N3O2. The second-order valence-electron chi connectivity index (χ2n) is 5.87. The van der Waals surface area contributed by atoms with Gasteiger partial charge in [-0.05, 0) is 31.4 Å². The molecule has 1 amide bonds. The van der Waals surface area contributed by atoms with Crippen molar-refractivity contribution in [3.63, 3.8) is 0 Å². The Morgan fingerprint density at radius 3 is 2.86 bits per heavy atom. The maximum Gasteiger partial charge on any atom is 0.251 e. The molecule has 2 saturated heterocycles. The number of ether oxygens (including phenoxy) is 1.